The highest BCUT2D eigenvalue weighted by atomic mass is 16.1. The smallest absolute Gasteiger partial charge is 0.283 e. The second-order valence-electron chi connectivity index (χ2n) is 6.73. The molecule has 0 amide bonds. The number of benzene rings is 1. The molecule has 7 heteroatoms. The fraction of sp³-hybridized carbons (Fsp3) is 0.444. The Labute approximate surface area is 145 Å². The molecule has 0 N–H and O–H groups in total. The zero-order valence-corrected chi connectivity index (χ0v) is 14.6. The maximum absolute atomic E-state index is 12.7. The van der Waals surface area contributed by atoms with Crippen LogP contribution in [-0.4, -0.2) is 49.1 Å². The molecule has 1 fully saturated rings. The molecule has 7 nitrogen and oxygen atoms in total. The lowest BCUT2D eigenvalue weighted by Crippen LogP contribution is -2.29. The van der Waals surface area contributed by atoms with Gasteiger partial charge in [-0.2, -0.15) is 4.68 Å². The Balaban J connectivity index is 1.66. The van der Waals surface area contributed by atoms with Gasteiger partial charge in [-0.05, 0) is 63.0 Å². The first-order valence-electron chi connectivity index (χ1n) is 8.74. The van der Waals surface area contributed by atoms with Crippen molar-refractivity contribution in [1.29, 1.82) is 0 Å². The molecule has 0 atom stereocenters. The molecular formula is C18H22N6O. The van der Waals surface area contributed by atoms with Crippen LogP contribution in [-0.2, 0) is 6.54 Å². The van der Waals surface area contributed by atoms with Gasteiger partial charge in [0, 0.05) is 13.1 Å². The molecule has 0 bridgehead atoms. The minimum Gasteiger partial charge on any atom is -0.302 e. The minimum atomic E-state index is -0.126. The Morgan fingerprint density at radius 3 is 2.64 bits per heavy atom. The highest BCUT2D eigenvalue weighted by molar-refractivity contribution is 5.70. The van der Waals surface area contributed by atoms with Gasteiger partial charge in [-0.3, -0.25) is 9.36 Å². The molecule has 4 rings (SSSR count). The molecule has 0 spiro atoms. The first-order valence-corrected chi connectivity index (χ1v) is 8.74. The van der Waals surface area contributed by atoms with Crippen molar-refractivity contribution in [2.24, 2.45) is 0 Å². The van der Waals surface area contributed by atoms with E-state index in [1.165, 1.54) is 24.0 Å². The van der Waals surface area contributed by atoms with Gasteiger partial charge in [0.1, 0.15) is 6.33 Å². The Bertz CT molecular complexity index is 967. The standard InChI is InChI=1S/C18H22N6O/c1-13-5-6-15(11-14(13)2)24-17-16(20-21-24)18(25)23(12-19-17)10-9-22-7-3-4-8-22/h5-6,11-12H,3-4,7-10H2,1-2H3. The van der Waals surface area contributed by atoms with E-state index in [0.29, 0.717) is 17.7 Å². The molecule has 1 aliphatic heterocycles. The highest BCUT2D eigenvalue weighted by Crippen LogP contribution is 2.16. The van der Waals surface area contributed by atoms with Crippen LogP contribution in [0.1, 0.15) is 24.0 Å². The maximum Gasteiger partial charge on any atom is 0.283 e. The van der Waals surface area contributed by atoms with Gasteiger partial charge in [0.25, 0.3) is 5.56 Å². The predicted octanol–water partition coefficient (Wildman–Crippen LogP) is 1.69. The lowest BCUT2D eigenvalue weighted by Gasteiger charge is -2.14. The lowest BCUT2D eigenvalue weighted by atomic mass is 10.1. The SMILES string of the molecule is Cc1ccc(-n2nnc3c(=O)n(CCN4CCCC4)cnc32)cc1C. The van der Waals surface area contributed by atoms with Crippen LogP contribution in [0.5, 0.6) is 0 Å². The molecule has 1 saturated heterocycles. The molecule has 1 aliphatic rings. The van der Waals surface area contributed by atoms with Gasteiger partial charge in [0.2, 0.25) is 0 Å². The van der Waals surface area contributed by atoms with Gasteiger partial charge in [-0.25, -0.2) is 4.98 Å². The number of rotatable bonds is 4. The van der Waals surface area contributed by atoms with Crippen molar-refractivity contribution in [2.75, 3.05) is 19.6 Å². The van der Waals surface area contributed by atoms with Crippen LogP contribution in [0.25, 0.3) is 16.9 Å². The predicted molar refractivity (Wildman–Crippen MR) is 96.1 cm³/mol. The largest absolute Gasteiger partial charge is 0.302 e. The topological polar surface area (TPSA) is 68.8 Å². The number of hydrogen-bond donors (Lipinski definition) is 0. The van der Waals surface area contributed by atoms with Crippen LogP contribution in [0.15, 0.2) is 29.3 Å². The van der Waals surface area contributed by atoms with Gasteiger partial charge >= 0.3 is 0 Å². The maximum atomic E-state index is 12.7. The van der Waals surface area contributed by atoms with Crippen molar-refractivity contribution in [3.05, 3.63) is 46.0 Å². The van der Waals surface area contributed by atoms with Crippen LogP contribution in [0.2, 0.25) is 0 Å². The summed E-state index contributed by atoms with van der Waals surface area (Å²) in [5, 5.41) is 8.25. The van der Waals surface area contributed by atoms with Crippen LogP contribution in [0.3, 0.4) is 0 Å². The molecular weight excluding hydrogens is 316 g/mol. The number of aryl methyl sites for hydroxylation is 2. The number of fused-ring (bicyclic) bond motifs is 1. The number of likely N-dealkylation sites (tertiary alicyclic amines) is 1. The first-order chi connectivity index (χ1) is 12.1. The summed E-state index contributed by atoms with van der Waals surface area (Å²) in [6.45, 7) is 7.87. The molecule has 0 radical (unpaired) electrons. The normalized spacial score (nSPS) is 15.3. The number of nitrogens with zero attached hydrogens (tertiary/aromatic N) is 6. The Kier molecular flexibility index (Phi) is 4.09. The summed E-state index contributed by atoms with van der Waals surface area (Å²) in [6, 6.07) is 6.04. The summed E-state index contributed by atoms with van der Waals surface area (Å²) in [4.78, 5) is 19.5. The van der Waals surface area contributed by atoms with E-state index in [4.69, 9.17) is 0 Å². The molecule has 0 saturated carbocycles. The van der Waals surface area contributed by atoms with E-state index in [-0.39, 0.29) is 5.56 Å². The Morgan fingerprint density at radius 2 is 1.88 bits per heavy atom. The first kappa shape index (κ1) is 16.0. The minimum absolute atomic E-state index is 0.126. The van der Waals surface area contributed by atoms with E-state index in [0.717, 1.165) is 25.3 Å². The molecule has 3 heterocycles. The van der Waals surface area contributed by atoms with Crippen molar-refractivity contribution in [3.63, 3.8) is 0 Å². The lowest BCUT2D eigenvalue weighted by molar-refractivity contribution is 0.320. The van der Waals surface area contributed by atoms with Gasteiger partial charge in [-0.15, -0.1) is 5.10 Å². The molecule has 130 valence electrons. The van der Waals surface area contributed by atoms with E-state index in [2.05, 4.69) is 34.0 Å². The van der Waals surface area contributed by atoms with E-state index < -0.39 is 0 Å². The van der Waals surface area contributed by atoms with Gasteiger partial charge in [0.05, 0.1) is 5.69 Å². The fourth-order valence-electron chi connectivity index (χ4n) is 3.29. The van der Waals surface area contributed by atoms with Crippen LogP contribution in [0, 0.1) is 13.8 Å². The van der Waals surface area contributed by atoms with E-state index >= 15 is 0 Å². The summed E-state index contributed by atoms with van der Waals surface area (Å²) in [6.07, 6.45) is 4.11. The van der Waals surface area contributed by atoms with Crippen LogP contribution in [0.4, 0.5) is 0 Å². The van der Waals surface area contributed by atoms with E-state index in [9.17, 15) is 4.79 Å². The summed E-state index contributed by atoms with van der Waals surface area (Å²) >= 11 is 0. The third-order valence-electron chi connectivity index (χ3n) is 5.02. The molecule has 2 aromatic heterocycles. The summed E-state index contributed by atoms with van der Waals surface area (Å²) in [7, 11) is 0. The van der Waals surface area contributed by atoms with Gasteiger partial charge in [0.15, 0.2) is 11.2 Å². The molecule has 0 unspecified atom stereocenters. The molecule has 3 aromatic rings. The van der Waals surface area contributed by atoms with Gasteiger partial charge < -0.3 is 4.90 Å². The fourth-order valence-corrected chi connectivity index (χ4v) is 3.29. The van der Waals surface area contributed by atoms with Crippen molar-refractivity contribution >= 4 is 11.2 Å². The summed E-state index contributed by atoms with van der Waals surface area (Å²) in [5.74, 6) is 0. The zero-order chi connectivity index (χ0) is 17.4. The van der Waals surface area contributed by atoms with Crippen molar-refractivity contribution in [2.45, 2.75) is 33.2 Å². The van der Waals surface area contributed by atoms with Crippen LogP contribution < -0.4 is 5.56 Å². The Morgan fingerprint density at radius 1 is 1.08 bits per heavy atom. The third kappa shape index (κ3) is 2.95. The Hall–Kier alpha value is -2.54. The number of hydrogen-bond acceptors (Lipinski definition) is 5. The second-order valence-corrected chi connectivity index (χ2v) is 6.73. The average Bonchev–Trinajstić information content (AvgIpc) is 3.26. The third-order valence-corrected chi connectivity index (χ3v) is 5.02. The van der Waals surface area contributed by atoms with Crippen molar-refractivity contribution < 1.29 is 0 Å². The molecule has 1 aromatic carbocycles. The second kappa shape index (κ2) is 6.40. The average molecular weight is 338 g/mol. The van der Waals surface area contributed by atoms with Crippen LogP contribution >= 0.6 is 0 Å². The summed E-state index contributed by atoms with van der Waals surface area (Å²) in [5.41, 5.74) is 3.95. The van der Waals surface area contributed by atoms with E-state index in [1.54, 1.807) is 15.6 Å². The molecule has 0 aliphatic carbocycles. The number of aromatic nitrogens is 5. The monoisotopic (exact) mass is 338 g/mol. The molecule has 25 heavy (non-hydrogen) atoms. The summed E-state index contributed by atoms with van der Waals surface area (Å²) < 4.78 is 3.27. The van der Waals surface area contributed by atoms with E-state index in [1.807, 2.05) is 18.2 Å². The van der Waals surface area contributed by atoms with Crippen molar-refractivity contribution in [3.8, 4) is 5.69 Å². The zero-order valence-electron chi connectivity index (χ0n) is 14.6. The highest BCUT2D eigenvalue weighted by Gasteiger charge is 2.15. The van der Waals surface area contributed by atoms with Crippen molar-refractivity contribution in [1.82, 2.24) is 29.4 Å². The van der Waals surface area contributed by atoms with Gasteiger partial charge in [-0.1, -0.05) is 11.3 Å². The quantitative estimate of drug-likeness (QED) is 0.724.